The minimum absolute atomic E-state index is 0.102. The smallest absolute Gasteiger partial charge is 0.273 e. The number of benzene rings is 1. The van der Waals surface area contributed by atoms with Gasteiger partial charge in [0.25, 0.3) is 5.91 Å². The van der Waals surface area contributed by atoms with Crippen LogP contribution in [-0.4, -0.2) is 48.3 Å². The Kier molecular flexibility index (Phi) is 5.09. The van der Waals surface area contributed by atoms with Gasteiger partial charge in [0.1, 0.15) is 16.3 Å². The first-order valence-corrected chi connectivity index (χ1v) is 11.3. The molecule has 1 amide bonds. The second kappa shape index (κ2) is 7.53. The molecule has 8 nitrogen and oxygen atoms in total. The highest BCUT2D eigenvalue weighted by molar-refractivity contribution is 7.89. The molecule has 1 saturated heterocycles. The summed E-state index contributed by atoms with van der Waals surface area (Å²) in [5, 5.41) is 3.16. The number of thiazole rings is 1. The number of fused-ring (bicyclic) bond motifs is 1. The van der Waals surface area contributed by atoms with Crippen LogP contribution in [0.2, 0.25) is 0 Å². The van der Waals surface area contributed by atoms with E-state index in [-0.39, 0.29) is 10.6 Å². The predicted molar refractivity (Wildman–Crippen MR) is 108 cm³/mol. The maximum absolute atomic E-state index is 12.6. The molecule has 2 N–H and O–H groups in total. The second-order valence-electron chi connectivity index (χ2n) is 6.40. The summed E-state index contributed by atoms with van der Waals surface area (Å²) < 4.78 is 33.0. The highest BCUT2D eigenvalue weighted by atomic mass is 32.2. The molecule has 1 aliphatic heterocycles. The normalized spacial score (nSPS) is 15.2. The highest BCUT2D eigenvalue weighted by Gasteiger charge is 2.28. The van der Waals surface area contributed by atoms with Gasteiger partial charge in [-0.1, -0.05) is 11.3 Å². The molecule has 4 rings (SSSR count). The summed E-state index contributed by atoms with van der Waals surface area (Å²) in [7, 11) is -3.56. The fraction of sp³-hybridized carbons (Fsp3) is 0.333. The van der Waals surface area contributed by atoms with Crippen LogP contribution in [0, 0.1) is 0 Å². The van der Waals surface area contributed by atoms with Crippen molar-refractivity contribution in [1.29, 1.82) is 0 Å². The van der Waals surface area contributed by atoms with Gasteiger partial charge in [0.15, 0.2) is 5.13 Å². The molecule has 0 saturated carbocycles. The van der Waals surface area contributed by atoms with E-state index in [9.17, 15) is 13.2 Å². The lowest BCUT2D eigenvalue weighted by atomic mass is 10.3. The Bertz CT molecular complexity index is 1110. The van der Waals surface area contributed by atoms with Crippen molar-refractivity contribution < 1.29 is 17.9 Å². The third kappa shape index (κ3) is 3.62. The van der Waals surface area contributed by atoms with Crippen molar-refractivity contribution in [3.05, 3.63) is 36.2 Å². The van der Waals surface area contributed by atoms with Crippen LogP contribution in [0.4, 0.5) is 5.13 Å². The van der Waals surface area contributed by atoms with E-state index in [1.54, 1.807) is 0 Å². The third-order valence-electron chi connectivity index (χ3n) is 4.50. The standard InChI is InChI=1S/C18H20N4O4S2/c1-2-26-12-5-6-14-16(9-12)27-18(20-14)21-17(23)15-10-13(11-19-15)28(24,25)22-7-3-4-8-22/h5-6,9-11,19H,2-4,7-8H2,1H3,(H,20,21,23). The van der Waals surface area contributed by atoms with Crippen LogP contribution in [0.25, 0.3) is 10.2 Å². The lowest BCUT2D eigenvalue weighted by Crippen LogP contribution is -2.27. The van der Waals surface area contributed by atoms with Crippen molar-refractivity contribution in [2.45, 2.75) is 24.7 Å². The van der Waals surface area contributed by atoms with Crippen LogP contribution >= 0.6 is 11.3 Å². The van der Waals surface area contributed by atoms with E-state index in [0.717, 1.165) is 28.8 Å². The maximum atomic E-state index is 12.6. The summed E-state index contributed by atoms with van der Waals surface area (Å²) in [6, 6.07) is 6.91. The summed E-state index contributed by atoms with van der Waals surface area (Å²) >= 11 is 1.33. The van der Waals surface area contributed by atoms with Crippen LogP contribution < -0.4 is 10.1 Å². The Morgan fingerprint density at radius 3 is 2.86 bits per heavy atom. The summed E-state index contributed by atoms with van der Waals surface area (Å²) in [6.07, 6.45) is 3.08. The topological polar surface area (TPSA) is 104 Å². The van der Waals surface area contributed by atoms with Crippen molar-refractivity contribution in [3.63, 3.8) is 0 Å². The number of hydrogen-bond acceptors (Lipinski definition) is 6. The van der Waals surface area contributed by atoms with Crippen LogP contribution in [0.1, 0.15) is 30.3 Å². The number of carbonyl (C=O) groups is 1. The number of aromatic amines is 1. The molecule has 3 aromatic rings. The Labute approximate surface area is 166 Å². The van der Waals surface area contributed by atoms with Gasteiger partial charge in [0.05, 0.1) is 16.8 Å². The zero-order valence-corrected chi connectivity index (χ0v) is 16.9. The SMILES string of the molecule is CCOc1ccc2nc(NC(=O)c3cc(S(=O)(=O)N4CCCC4)c[nH]3)sc2c1. The van der Waals surface area contributed by atoms with Gasteiger partial charge in [0, 0.05) is 19.3 Å². The Hall–Kier alpha value is -2.43. The number of carbonyl (C=O) groups excluding carboxylic acids is 1. The number of nitrogens with zero attached hydrogens (tertiary/aromatic N) is 2. The van der Waals surface area contributed by atoms with Gasteiger partial charge in [0.2, 0.25) is 10.0 Å². The Morgan fingerprint density at radius 1 is 1.32 bits per heavy atom. The largest absolute Gasteiger partial charge is 0.494 e. The molecule has 1 fully saturated rings. The number of sulfonamides is 1. The van der Waals surface area contributed by atoms with E-state index in [1.807, 2.05) is 25.1 Å². The first kappa shape index (κ1) is 18.9. The van der Waals surface area contributed by atoms with Crippen molar-refractivity contribution in [3.8, 4) is 5.75 Å². The van der Waals surface area contributed by atoms with E-state index in [2.05, 4.69) is 15.3 Å². The number of ether oxygens (including phenoxy) is 1. The number of amides is 1. The molecule has 3 heterocycles. The van der Waals surface area contributed by atoms with E-state index < -0.39 is 15.9 Å². The summed E-state index contributed by atoms with van der Waals surface area (Å²) in [5.74, 6) is 0.310. The predicted octanol–water partition coefficient (Wildman–Crippen LogP) is 3.06. The van der Waals surface area contributed by atoms with Crippen LogP contribution in [-0.2, 0) is 10.0 Å². The fourth-order valence-electron chi connectivity index (χ4n) is 3.11. The van der Waals surface area contributed by atoms with E-state index in [4.69, 9.17) is 4.74 Å². The fourth-order valence-corrected chi connectivity index (χ4v) is 5.51. The number of hydrogen-bond donors (Lipinski definition) is 2. The monoisotopic (exact) mass is 420 g/mol. The van der Waals surface area contributed by atoms with Gasteiger partial charge in [-0.25, -0.2) is 13.4 Å². The molecule has 0 unspecified atom stereocenters. The summed E-state index contributed by atoms with van der Waals surface area (Å²) in [4.78, 5) is 19.8. The summed E-state index contributed by atoms with van der Waals surface area (Å²) in [5.41, 5.74) is 0.930. The molecule has 10 heteroatoms. The molecule has 2 aromatic heterocycles. The number of rotatable bonds is 6. The molecule has 0 radical (unpaired) electrons. The molecule has 28 heavy (non-hydrogen) atoms. The average Bonchev–Trinajstić information content (AvgIpc) is 3.41. The number of H-pyrrole nitrogens is 1. The van der Waals surface area contributed by atoms with Gasteiger partial charge in [-0.05, 0) is 44.0 Å². The first-order chi connectivity index (χ1) is 13.5. The Balaban J connectivity index is 1.51. The minimum atomic E-state index is -3.56. The number of aromatic nitrogens is 2. The molecule has 0 aliphatic carbocycles. The maximum Gasteiger partial charge on any atom is 0.273 e. The van der Waals surface area contributed by atoms with Crippen LogP contribution in [0.15, 0.2) is 35.4 Å². The lowest BCUT2D eigenvalue weighted by Gasteiger charge is -2.13. The molecular formula is C18H20N4O4S2. The molecule has 1 aliphatic rings. The van der Waals surface area contributed by atoms with Crippen LogP contribution in [0.5, 0.6) is 5.75 Å². The first-order valence-electron chi connectivity index (χ1n) is 9.00. The number of nitrogens with one attached hydrogen (secondary N) is 2. The highest BCUT2D eigenvalue weighted by Crippen LogP contribution is 2.29. The lowest BCUT2D eigenvalue weighted by molar-refractivity contribution is 0.102. The molecule has 148 valence electrons. The van der Waals surface area contributed by atoms with E-state index in [1.165, 1.54) is 27.9 Å². The van der Waals surface area contributed by atoms with Gasteiger partial charge >= 0.3 is 0 Å². The number of anilines is 1. The molecule has 0 atom stereocenters. The third-order valence-corrected chi connectivity index (χ3v) is 7.31. The van der Waals surface area contributed by atoms with Gasteiger partial charge < -0.3 is 9.72 Å². The van der Waals surface area contributed by atoms with Crippen molar-refractivity contribution in [2.75, 3.05) is 25.0 Å². The molecule has 1 aromatic carbocycles. The second-order valence-corrected chi connectivity index (χ2v) is 9.36. The van der Waals surface area contributed by atoms with Gasteiger partial charge in [-0.3, -0.25) is 10.1 Å². The average molecular weight is 421 g/mol. The van der Waals surface area contributed by atoms with E-state index >= 15 is 0 Å². The zero-order valence-electron chi connectivity index (χ0n) is 15.3. The molecule has 0 spiro atoms. The summed E-state index contributed by atoms with van der Waals surface area (Å²) in [6.45, 7) is 3.52. The van der Waals surface area contributed by atoms with Crippen molar-refractivity contribution in [1.82, 2.24) is 14.3 Å². The molecule has 0 bridgehead atoms. The zero-order chi connectivity index (χ0) is 19.7. The van der Waals surface area contributed by atoms with Crippen molar-refractivity contribution in [2.24, 2.45) is 0 Å². The van der Waals surface area contributed by atoms with Gasteiger partial charge in [-0.15, -0.1) is 0 Å². The quantitative estimate of drug-likeness (QED) is 0.638. The van der Waals surface area contributed by atoms with Crippen molar-refractivity contribution >= 4 is 42.6 Å². The molecular weight excluding hydrogens is 400 g/mol. The Morgan fingerprint density at radius 2 is 2.11 bits per heavy atom. The van der Waals surface area contributed by atoms with E-state index in [0.29, 0.717) is 24.8 Å². The van der Waals surface area contributed by atoms with Gasteiger partial charge in [-0.2, -0.15) is 4.31 Å². The minimum Gasteiger partial charge on any atom is -0.494 e. The van der Waals surface area contributed by atoms with Crippen LogP contribution in [0.3, 0.4) is 0 Å².